The van der Waals surface area contributed by atoms with Crippen LogP contribution in [0.5, 0.6) is 0 Å². The molecule has 0 bridgehead atoms. The number of unbranched alkanes of at least 4 members (excludes halogenated alkanes) is 1. The van der Waals surface area contributed by atoms with Crippen LogP contribution in [-0.4, -0.2) is 27.9 Å². The third-order valence-electron chi connectivity index (χ3n) is 4.19. The quantitative estimate of drug-likeness (QED) is 0.267. The summed E-state index contributed by atoms with van der Waals surface area (Å²) in [6.45, 7) is 15.7. The van der Waals surface area contributed by atoms with Gasteiger partial charge in [-0.25, -0.2) is 4.79 Å². The number of aryl methyl sites for hydroxylation is 1. The van der Waals surface area contributed by atoms with Crippen molar-refractivity contribution in [1.29, 1.82) is 5.26 Å². The molecule has 0 amide bonds. The van der Waals surface area contributed by atoms with Crippen molar-refractivity contribution in [2.45, 2.75) is 60.8 Å². The van der Waals surface area contributed by atoms with Crippen LogP contribution in [0.4, 0.5) is 0 Å². The summed E-state index contributed by atoms with van der Waals surface area (Å²) < 4.78 is 0. The number of aliphatic hydroxyl groups is 2. The molecule has 30 heavy (non-hydrogen) atoms. The molecule has 1 unspecified atom stereocenters. The molecule has 5 heteroatoms. The predicted octanol–water partition coefficient (Wildman–Crippen LogP) is 6.18. The van der Waals surface area contributed by atoms with Gasteiger partial charge in [-0.05, 0) is 61.1 Å². The molecular weight excluding hydrogens is 378 g/mol. The van der Waals surface area contributed by atoms with Crippen molar-refractivity contribution in [1.82, 2.24) is 0 Å². The monoisotopic (exact) mass is 415 g/mol. The third kappa shape index (κ3) is 11.2. The number of aliphatic carboxylic acids is 1. The lowest BCUT2D eigenvalue weighted by atomic mass is 9.99. The van der Waals surface area contributed by atoms with Crippen LogP contribution in [-0.2, 0) is 4.79 Å². The van der Waals surface area contributed by atoms with Gasteiger partial charge < -0.3 is 15.3 Å². The maximum Gasteiger partial charge on any atom is 0.339 e. The van der Waals surface area contributed by atoms with Gasteiger partial charge in [-0.3, -0.25) is 0 Å². The van der Waals surface area contributed by atoms with E-state index < -0.39 is 5.97 Å². The second-order valence-electron chi connectivity index (χ2n) is 6.63. The Labute approximate surface area is 181 Å². The Morgan fingerprint density at radius 2 is 1.90 bits per heavy atom. The van der Waals surface area contributed by atoms with E-state index in [9.17, 15) is 9.90 Å². The van der Waals surface area contributed by atoms with Crippen molar-refractivity contribution in [2.24, 2.45) is 5.92 Å². The molecule has 0 aliphatic carbocycles. The average molecular weight is 416 g/mol. The molecule has 0 aliphatic rings. The lowest BCUT2D eigenvalue weighted by Gasteiger charge is -2.06. The fourth-order valence-electron chi connectivity index (χ4n) is 2.24. The minimum atomic E-state index is -1.24. The van der Waals surface area contributed by atoms with E-state index in [2.05, 4.69) is 26.5 Å². The first-order valence-corrected chi connectivity index (χ1v) is 10.3. The number of benzene rings is 1. The molecule has 0 aromatic heterocycles. The van der Waals surface area contributed by atoms with E-state index in [1.54, 1.807) is 18.2 Å². The summed E-state index contributed by atoms with van der Waals surface area (Å²) in [5.74, 6) is -1.06. The van der Waals surface area contributed by atoms with Gasteiger partial charge in [0.2, 0.25) is 0 Å². The first kappa shape index (κ1) is 29.4. The molecule has 1 aromatic rings. The van der Waals surface area contributed by atoms with E-state index in [0.29, 0.717) is 29.2 Å². The first-order valence-electron chi connectivity index (χ1n) is 10.3. The van der Waals surface area contributed by atoms with Crippen molar-refractivity contribution in [2.75, 3.05) is 6.61 Å². The van der Waals surface area contributed by atoms with Crippen molar-refractivity contribution in [3.05, 3.63) is 65.0 Å². The number of nitrogens with zero attached hydrogens (tertiary/aromatic N) is 1. The topological polar surface area (TPSA) is 102 Å². The molecule has 0 fully saturated rings. The lowest BCUT2D eigenvalue weighted by molar-refractivity contribution is -0.132. The minimum absolute atomic E-state index is 0.239. The SMILES string of the molecule is C=C(/C=C(C(=O)O)\C(O)=C/C)c1ccc(C)c(C#N)c1.CC.CCCCC(C)CO. The summed E-state index contributed by atoms with van der Waals surface area (Å²) in [5, 5.41) is 36.1. The molecule has 0 saturated carbocycles. The van der Waals surface area contributed by atoms with E-state index in [1.165, 1.54) is 38.3 Å². The Morgan fingerprint density at radius 1 is 1.30 bits per heavy atom. The Morgan fingerprint density at radius 3 is 2.33 bits per heavy atom. The minimum Gasteiger partial charge on any atom is -0.507 e. The fraction of sp³-hybridized carbons (Fsp3) is 0.440. The third-order valence-corrected chi connectivity index (χ3v) is 4.19. The summed E-state index contributed by atoms with van der Waals surface area (Å²) in [5.41, 5.74) is 2.14. The summed E-state index contributed by atoms with van der Waals surface area (Å²) in [7, 11) is 0. The van der Waals surface area contributed by atoms with Gasteiger partial charge >= 0.3 is 5.97 Å². The largest absolute Gasteiger partial charge is 0.507 e. The first-order chi connectivity index (χ1) is 14.2. The van der Waals surface area contributed by atoms with Gasteiger partial charge in [-0.2, -0.15) is 5.26 Å². The molecule has 0 radical (unpaired) electrons. The standard InChI is InChI=1S/C16H15NO3.C7H16O.C2H6/c1-4-15(18)14(16(19)20)7-11(3)12-6-5-10(2)13(8-12)9-17;1-3-4-5-7(2)6-8;1-2/h4-8,18H,3H2,1-2H3,(H,19,20);7-8H,3-6H2,1-2H3;1-2H3/b14-7+,15-4+;;. The van der Waals surface area contributed by atoms with Crippen molar-refractivity contribution in [3.8, 4) is 6.07 Å². The summed E-state index contributed by atoms with van der Waals surface area (Å²) >= 11 is 0. The van der Waals surface area contributed by atoms with Crippen LogP contribution in [0.25, 0.3) is 5.57 Å². The molecule has 166 valence electrons. The molecule has 5 nitrogen and oxygen atoms in total. The summed E-state index contributed by atoms with van der Waals surface area (Å²) in [6, 6.07) is 7.22. The van der Waals surface area contributed by atoms with Crippen LogP contribution in [0.2, 0.25) is 0 Å². The van der Waals surface area contributed by atoms with Crippen LogP contribution in [0.3, 0.4) is 0 Å². The van der Waals surface area contributed by atoms with Crippen molar-refractivity contribution in [3.63, 3.8) is 0 Å². The zero-order valence-electron chi connectivity index (χ0n) is 19.2. The average Bonchev–Trinajstić information content (AvgIpc) is 2.76. The van der Waals surface area contributed by atoms with Crippen LogP contribution in [0, 0.1) is 24.2 Å². The van der Waals surface area contributed by atoms with Gasteiger partial charge in [0, 0.05) is 6.61 Å². The smallest absolute Gasteiger partial charge is 0.339 e. The van der Waals surface area contributed by atoms with Crippen LogP contribution < -0.4 is 0 Å². The number of hydrogen-bond donors (Lipinski definition) is 3. The van der Waals surface area contributed by atoms with Crippen LogP contribution in [0.15, 0.2) is 48.3 Å². The van der Waals surface area contributed by atoms with E-state index in [-0.39, 0.29) is 11.3 Å². The maximum atomic E-state index is 11.1. The second-order valence-corrected chi connectivity index (χ2v) is 6.63. The number of carboxylic acids is 1. The van der Waals surface area contributed by atoms with E-state index in [0.717, 1.165) is 5.56 Å². The molecule has 3 N–H and O–H groups in total. The number of carboxylic acid groups (broad SMARTS) is 1. The second kappa shape index (κ2) is 17.1. The zero-order chi connectivity index (χ0) is 23.7. The zero-order valence-corrected chi connectivity index (χ0v) is 19.2. The Bertz CT molecular complexity index is 770. The highest BCUT2D eigenvalue weighted by Crippen LogP contribution is 2.21. The Hall–Kier alpha value is -2.84. The van der Waals surface area contributed by atoms with Gasteiger partial charge in [0.05, 0.1) is 11.6 Å². The lowest BCUT2D eigenvalue weighted by Crippen LogP contribution is -2.03. The molecule has 0 heterocycles. The number of nitriles is 1. The van der Waals surface area contributed by atoms with Gasteiger partial charge in [0.15, 0.2) is 0 Å². The summed E-state index contributed by atoms with van der Waals surface area (Å²) in [6.07, 6.45) is 6.24. The number of allylic oxidation sites excluding steroid dienone is 3. The van der Waals surface area contributed by atoms with E-state index in [4.69, 9.17) is 15.5 Å². The molecular formula is C25H37NO4. The van der Waals surface area contributed by atoms with E-state index >= 15 is 0 Å². The van der Waals surface area contributed by atoms with Crippen molar-refractivity contribution < 1.29 is 20.1 Å². The van der Waals surface area contributed by atoms with Gasteiger partial charge in [-0.15, -0.1) is 0 Å². The Balaban J connectivity index is 0. The molecule has 1 atom stereocenters. The molecule has 0 spiro atoms. The fourth-order valence-corrected chi connectivity index (χ4v) is 2.24. The normalized spacial score (nSPS) is 11.8. The molecule has 0 aliphatic heterocycles. The highest BCUT2D eigenvalue weighted by Gasteiger charge is 2.12. The van der Waals surface area contributed by atoms with Gasteiger partial charge in [0.1, 0.15) is 11.3 Å². The van der Waals surface area contributed by atoms with Gasteiger partial charge in [0.25, 0.3) is 0 Å². The van der Waals surface area contributed by atoms with Gasteiger partial charge in [-0.1, -0.05) is 59.2 Å². The van der Waals surface area contributed by atoms with Crippen LogP contribution >= 0.6 is 0 Å². The van der Waals surface area contributed by atoms with Crippen LogP contribution in [0.1, 0.15) is 70.6 Å². The molecule has 1 rings (SSSR count). The molecule has 1 aromatic carbocycles. The molecule has 0 saturated heterocycles. The number of carbonyl (C=O) groups is 1. The number of rotatable bonds is 8. The van der Waals surface area contributed by atoms with Crippen molar-refractivity contribution >= 4 is 11.5 Å². The number of aliphatic hydroxyl groups excluding tert-OH is 2. The highest BCUT2D eigenvalue weighted by atomic mass is 16.4. The number of hydrogen-bond acceptors (Lipinski definition) is 4. The Kier molecular flexibility index (Phi) is 16.7. The summed E-state index contributed by atoms with van der Waals surface area (Å²) in [4.78, 5) is 11.1. The highest BCUT2D eigenvalue weighted by molar-refractivity contribution is 5.94. The van der Waals surface area contributed by atoms with E-state index in [1.807, 2.05) is 20.8 Å². The predicted molar refractivity (Wildman–Crippen MR) is 124 cm³/mol. The maximum absolute atomic E-state index is 11.1.